The lowest BCUT2D eigenvalue weighted by Gasteiger charge is -2.28. The molecule has 166 valence electrons. The number of hydrogen-bond acceptors (Lipinski definition) is 7. The second-order valence-corrected chi connectivity index (χ2v) is 8.17. The first-order valence-corrected chi connectivity index (χ1v) is 10.7. The molecular formula is C23H25N4O5+. The van der Waals surface area contributed by atoms with Crippen LogP contribution in [0.4, 0.5) is 0 Å². The van der Waals surface area contributed by atoms with Crippen molar-refractivity contribution in [1.82, 2.24) is 4.57 Å². The number of hydrogen-bond donors (Lipinski definition) is 2. The highest BCUT2D eigenvalue weighted by Crippen LogP contribution is 2.43. The molecule has 3 aliphatic heterocycles. The van der Waals surface area contributed by atoms with Gasteiger partial charge in [-0.25, -0.2) is 0 Å². The number of ether oxygens (including phenoxy) is 4. The zero-order valence-corrected chi connectivity index (χ0v) is 17.8. The highest BCUT2D eigenvalue weighted by atomic mass is 16.7. The van der Waals surface area contributed by atoms with Crippen LogP contribution in [0.2, 0.25) is 0 Å². The Kier molecular flexibility index (Phi) is 5.25. The van der Waals surface area contributed by atoms with Gasteiger partial charge in [-0.2, -0.15) is 5.26 Å². The van der Waals surface area contributed by atoms with Gasteiger partial charge < -0.3 is 34.1 Å². The minimum atomic E-state index is -0.645. The smallest absolute Gasteiger partial charge is 0.258 e. The number of pyridine rings is 1. The Morgan fingerprint density at radius 1 is 1.19 bits per heavy atom. The number of morpholine rings is 1. The van der Waals surface area contributed by atoms with Crippen molar-refractivity contribution >= 4 is 0 Å². The minimum absolute atomic E-state index is 0.0111. The maximum Gasteiger partial charge on any atom is 0.258 e. The Labute approximate surface area is 185 Å². The van der Waals surface area contributed by atoms with Crippen molar-refractivity contribution in [2.24, 2.45) is 5.73 Å². The third kappa shape index (κ3) is 3.47. The summed E-state index contributed by atoms with van der Waals surface area (Å²) >= 11 is 0. The molecule has 4 heterocycles. The molecule has 1 aromatic heterocycles. The summed E-state index contributed by atoms with van der Waals surface area (Å²) in [5.41, 5.74) is 8.07. The van der Waals surface area contributed by atoms with Crippen LogP contribution in [0.15, 0.2) is 40.5 Å². The van der Waals surface area contributed by atoms with Gasteiger partial charge in [0.2, 0.25) is 12.7 Å². The number of aromatic nitrogens is 1. The van der Waals surface area contributed by atoms with Crippen LogP contribution < -0.4 is 30.4 Å². The second kappa shape index (κ2) is 8.22. The van der Waals surface area contributed by atoms with Crippen LogP contribution in [0, 0.1) is 18.3 Å². The lowest BCUT2D eigenvalue weighted by molar-refractivity contribution is -0.908. The molecule has 0 bridgehead atoms. The number of nitrogens with one attached hydrogen (secondary N) is 1. The summed E-state index contributed by atoms with van der Waals surface area (Å²) in [5.74, 6) is 0.966. The van der Waals surface area contributed by atoms with Crippen LogP contribution in [0.3, 0.4) is 0 Å². The molecule has 3 N–H and O–H groups in total. The van der Waals surface area contributed by atoms with Gasteiger partial charge >= 0.3 is 0 Å². The number of quaternary nitrogens is 1. The molecule has 0 saturated carbocycles. The van der Waals surface area contributed by atoms with E-state index in [1.165, 1.54) is 4.90 Å². The van der Waals surface area contributed by atoms with E-state index in [2.05, 4.69) is 6.07 Å². The predicted molar refractivity (Wildman–Crippen MR) is 114 cm³/mol. The van der Waals surface area contributed by atoms with E-state index in [9.17, 15) is 10.1 Å². The average Bonchev–Trinajstić information content (AvgIpc) is 3.26. The van der Waals surface area contributed by atoms with Crippen LogP contribution in [0.1, 0.15) is 22.7 Å². The molecule has 0 unspecified atom stereocenters. The molecular weight excluding hydrogens is 412 g/mol. The number of nitrogens with zero attached hydrogens (tertiary/aromatic N) is 2. The highest BCUT2D eigenvalue weighted by Gasteiger charge is 2.35. The molecule has 9 heteroatoms. The number of allylic oxidation sites excluding steroid dienone is 1. The Morgan fingerprint density at radius 3 is 2.75 bits per heavy atom. The Hall–Kier alpha value is -3.48. The van der Waals surface area contributed by atoms with E-state index < -0.39 is 5.92 Å². The van der Waals surface area contributed by atoms with Gasteiger partial charge in [-0.15, -0.1) is 0 Å². The fourth-order valence-corrected chi connectivity index (χ4v) is 4.57. The zero-order valence-electron chi connectivity index (χ0n) is 17.8. The van der Waals surface area contributed by atoms with Crippen molar-refractivity contribution in [3.05, 3.63) is 62.9 Å². The molecule has 0 spiro atoms. The lowest BCUT2D eigenvalue weighted by Crippen LogP contribution is -3.14. The maximum atomic E-state index is 13.7. The van der Waals surface area contributed by atoms with Crippen LogP contribution in [-0.4, -0.2) is 44.2 Å². The third-order valence-electron chi connectivity index (χ3n) is 6.31. The second-order valence-electron chi connectivity index (χ2n) is 8.17. The zero-order chi connectivity index (χ0) is 22.2. The van der Waals surface area contributed by atoms with Gasteiger partial charge in [-0.3, -0.25) is 4.79 Å². The largest absolute Gasteiger partial charge is 0.454 e. The molecule has 3 aliphatic rings. The normalized spacial score (nSPS) is 19.9. The molecule has 1 atom stereocenters. The quantitative estimate of drug-likeness (QED) is 0.693. The van der Waals surface area contributed by atoms with Gasteiger partial charge in [0.05, 0.1) is 37.8 Å². The minimum Gasteiger partial charge on any atom is -0.454 e. The molecule has 0 radical (unpaired) electrons. The Morgan fingerprint density at radius 2 is 1.97 bits per heavy atom. The SMILES string of the molecule is Cc1cc2c(c(=O)n1CC[NH+]1CCOCC1)[C@@H](c1ccc3c(c1)OCO3)C(C#N)=C(N)O2. The fourth-order valence-electron chi connectivity index (χ4n) is 4.57. The molecule has 2 aromatic rings. The predicted octanol–water partition coefficient (Wildman–Crippen LogP) is 0.0187. The fraction of sp³-hybridized carbons (Fsp3) is 0.391. The van der Waals surface area contributed by atoms with Crippen LogP contribution in [0.5, 0.6) is 17.2 Å². The number of aryl methyl sites for hydroxylation is 1. The number of fused-ring (bicyclic) bond motifs is 2. The molecule has 0 amide bonds. The summed E-state index contributed by atoms with van der Waals surface area (Å²) in [6.45, 7) is 6.76. The van der Waals surface area contributed by atoms with E-state index in [4.69, 9.17) is 24.7 Å². The van der Waals surface area contributed by atoms with Gasteiger partial charge in [0.1, 0.15) is 30.5 Å². The maximum absolute atomic E-state index is 13.7. The Balaban J connectivity index is 1.58. The molecule has 32 heavy (non-hydrogen) atoms. The first kappa shape index (κ1) is 20.4. The number of nitriles is 1. The van der Waals surface area contributed by atoms with Gasteiger partial charge in [-0.1, -0.05) is 6.07 Å². The standard InChI is InChI=1S/C23H24N4O5/c1-14-10-19-21(23(28)27(14)5-4-26-6-8-29-9-7-26)20(16(12-24)22(25)32-19)15-2-3-17-18(11-15)31-13-30-17/h2-3,10-11,20H,4-9,13,25H2,1H3/p+1/t20-/m0/s1. The topological polar surface area (TPSA) is 113 Å². The monoisotopic (exact) mass is 437 g/mol. The summed E-state index contributed by atoms with van der Waals surface area (Å²) in [7, 11) is 0. The van der Waals surface area contributed by atoms with Crippen molar-refractivity contribution in [3.8, 4) is 23.3 Å². The number of rotatable bonds is 4. The van der Waals surface area contributed by atoms with Crippen molar-refractivity contribution in [1.29, 1.82) is 5.26 Å². The van der Waals surface area contributed by atoms with Crippen LogP contribution in [0.25, 0.3) is 0 Å². The van der Waals surface area contributed by atoms with E-state index >= 15 is 0 Å². The van der Waals surface area contributed by atoms with E-state index in [1.54, 1.807) is 16.7 Å². The van der Waals surface area contributed by atoms with Crippen molar-refractivity contribution in [2.75, 3.05) is 39.6 Å². The Bertz CT molecular complexity index is 1190. The molecule has 1 fully saturated rings. The van der Waals surface area contributed by atoms with E-state index in [-0.39, 0.29) is 23.8 Å². The summed E-state index contributed by atoms with van der Waals surface area (Å²) < 4.78 is 23.8. The molecule has 5 rings (SSSR count). The molecule has 1 saturated heterocycles. The molecule has 1 aromatic carbocycles. The summed E-state index contributed by atoms with van der Waals surface area (Å²) in [5, 5.41) is 9.85. The van der Waals surface area contributed by atoms with Crippen molar-refractivity contribution < 1.29 is 23.8 Å². The van der Waals surface area contributed by atoms with Gasteiger partial charge in [0.15, 0.2) is 11.5 Å². The van der Waals surface area contributed by atoms with E-state index in [0.29, 0.717) is 29.4 Å². The highest BCUT2D eigenvalue weighted by molar-refractivity contribution is 5.57. The summed E-state index contributed by atoms with van der Waals surface area (Å²) in [6.07, 6.45) is 0. The summed E-state index contributed by atoms with van der Waals surface area (Å²) in [6, 6.07) is 9.39. The van der Waals surface area contributed by atoms with Gasteiger partial charge in [0, 0.05) is 11.8 Å². The first-order valence-electron chi connectivity index (χ1n) is 10.7. The van der Waals surface area contributed by atoms with Crippen LogP contribution >= 0.6 is 0 Å². The average molecular weight is 437 g/mol. The van der Waals surface area contributed by atoms with E-state index in [1.807, 2.05) is 19.1 Å². The van der Waals surface area contributed by atoms with Crippen LogP contribution in [-0.2, 0) is 11.3 Å². The van der Waals surface area contributed by atoms with Gasteiger partial charge in [-0.05, 0) is 24.6 Å². The summed E-state index contributed by atoms with van der Waals surface area (Å²) in [4.78, 5) is 15.1. The van der Waals surface area contributed by atoms with Crippen molar-refractivity contribution in [2.45, 2.75) is 19.4 Å². The molecule has 9 nitrogen and oxygen atoms in total. The number of benzene rings is 1. The van der Waals surface area contributed by atoms with Crippen molar-refractivity contribution in [3.63, 3.8) is 0 Å². The third-order valence-corrected chi connectivity index (χ3v) is 6.31. The first-order chi connectivity index (χ1) is 15.6. The lowest BCUT2D eigenvalue weighted by atomic mass is 9.84. The number of nitrogens with two attached hydrogens (primary N) is 1. The van der Waals surface area contributed by atoms with Gasteiger partial charge in [0.25, 0.3) is 5.56 Å². The molecule has 0 aliphatic carbocycles. The van der Waals surface area contributed by atoms with E-state index in [0.717, 1.165) is 44.1 Å².